The van der Waals surface area contributed by atoms with Crippen molar-refractivity contribution >= 4 is 11.6 Å². The molecule has 1 rings (SSSR count). The van der Waals surface area contributed by atoms with E-state index in [-0.39, 0.29) is 16.3 Å². The Kier molecular flexibility index (Phi) is 3.69. The number of hydrogen-bond donors (Lipinski definition) is 1. The SMILES string of the molecule is COc1c(C)cc(Cl)cc1C(F)(F)C(C)(C)N. The molecule has 0 aromatic heterocycles. The van der Waals surface area contributed by atoms with Crippen molar-refractivity contribution in [2.45, 2.75) is 32.2 Å². The fourth-order valence-corrected chi connectivity index (χ4v) is 1.85. The number of halogens is 3. The summed E-state index contributed by atoms with van der Waals surface area (Å²) in [7, 11) is 1.35. The van der Waals surface area contributed by atoms with E-state index in [2.05, 4.69) is 0 Å². The van der Waals surface area contributed by atoms with E-state index in [1.165, 1.54) is 27.0 Å². The van der Waals surface area contributed by atoms with E-state index in [1.807, 2.05) is 0 Å². The van der Waals surface area contributed by atoms with E-state index >= 15 is 0 Å². The molecule has 0 radical (unpaired) electrons. The lowest BCUT2D eigenvalue weighted by molar-refractivity contribution is -0.0688. The molecule has 17 heavy (non-hydrogen) atoms. The van der Waals surface area contributed by atoms with Crippen LogP contribution in [0.25, 0.3) is 0 Å². The van der Waals surface area contributed by atoms with Crippen LogP contribution in [0, 0.1) is 6.92 Å². The average molecular weight is 264 g/mol. The van der Waals surface area contributed by atoms with Gasteiger partial charge in [0.1, 0.15) is 5.75 Å². The van der Waals surface area contributed by atoms with Gasteiger partial charge in [-0.1, -0.05) is 11.6 Å². The second kappa shape index (κ2) is 4.42. The van der Waals surface area contributed by atoms with Gasteiger partial charge < -0.3 is 10.5 Å². The van der Waals surface area contributed by atoms with Gasteiger partial charge in [-0.2, -0.15) is 8.78 Å². The summed E-state index contributed by atoms with van der Waals surface area (Å²) in [4.78, 5) is 0. The van der Waals surface area contributed by atoms with Gasteiger partial charge in [0.05, 0.1) is 18.2 Å². The fourth-order valence-electron chi connectivity index (χ4n) is 1.58. The maximum Gasteiger partial charge on any atom is 0.293 e. The van der Waals surface area contributed by atoms with Crippen molar-refractivity contribution in [3.63, 3.8) is 0 Å². The number of aryl methyl sites for hydroxylation is 1. The molecular formula is C12H16ClF2NO. The number of methoxy groups -OCH3 is 1. The number of benzene rings is 1. The summed E-state index contributed by atoms with van der Waals surface area (Å²) in [5, 5.41) is 0.238. The van der Waals surface area contributed by atoms with Crippen molar-refractivity contribution in [2.24, 2.45) is 5.73 Å². The predicted octanol–water partition coefficient (Wildman–Crippen LogP) is 3.49. The minimum atomic E-state index is -3.23. The third-order valence-electron chi connectivity index (χ3n) is 2.59. The molecule has 0 saturated heterocycles. The fraction of sp³-hybridized carbons (Fsp3) is 0.500. The van der Waals surface area contributed by atoms with E-state index < -0.39 is 11.5 Å². The van der Waals surface area contributed by atoms with Crippen molar-refractivity contribution in [3.05, 3.63) is 28.3 Å². The monoisotopic (exact) mass is 263 g/mol. The maximum atomic E-state index is 14.2. The molecule has 96 valence electrons. The van der Waals surface area contributed by atoms with Crippen LogP contribution in [0.2, 0.25) is 5.02 Å². The highest BCUT2D eigenvalue weighted by Gasteiger charge is 2.47. The van der Waals surface area contributed by atoms with Crippen molar-refractivity contribution in [1.29, 1.82) is 0 Å². The Morgan fingerprint density at radius 3 is 2.24 bits per heavy atom. The number of ether oxygens (including phenoxy) is 1. The van der Waals surface area contributed by atoms with Gasteiger partial charge in [-0.3, -0.25) is 0 Å². The van der Waals surface area contributed by atoms with Gasteiger partial charge >= 0.3 is 0 Å². The smallest absolute Gasteiger partial charge is 0.293 e. The van der Waals surface area contributed by atoms with Gasteiger partial charge in [-0.25, -0.2) is 0 Å². The molecule has 0 aliphatic rings. The summed E-state index contributed by atoms with van der Waals surface area (Å²) < 4.78 is 33.4. The standard InChI is InChI=1S/C12H16ClF2NO/c1-7-5-8(13)6-9(10(7)17-4)12(14,15)11(2,3)16/h5-6H,16H2,1-4H3. The molecule has 0 atom stereocenters. The van der Waals surface area contributed by atoms with E-state index in [1.54, 1.807) is 13.0 Å². The summed E-state index contributed by atoms with van der Waals surface area (Å²) in [6.45, 7) is 4.19. The topological polar surface area (TPSA) is 35.2 Å². The minimum Gasteiger partial charge on any atom is -0.496 e. The maximum absolute atomic E-state index is 14.2. The van der Waals surface area contributed by atoms with Gasteiger partial charge in [0.15, 0.2) is 0 Å². The van der Waals surface area contributed by atoms with Crippen molar-refractivity contribution in [2.75, 3.05) is 7.11 Å². The van der Waals surface area contributed by atoms with E-state index in [9.17, 15) is 8.78 Å². The Morgan fingerprint density at radius 1 is 1.29 bits per heavy atom. The van der Waals surface area contributed by atoms with Crippen LogP contribution in [-0.4, -0.2) is 12.6 Å². The molecule has 0 heterocycles. The first-order valence-corrected chi connectivity index (χ1v) is 5.50. The molecule has 0 fully saturated rings. The Labute approximate surface area is 105 Å². The molecule has 0 aliphatic carbocycles. The summed E-state index contributed by atoms with van der Waals surface area (Å²) in [6, 6.07) is 2.77. The van der Waals surface area contributed by atoms with Crippen molar-refractivity contribution < 1.29 is 13.5 Å². The largest absolute Gasteiger partial charge is 0.496 e. The molecule has 1 aromatic rings. The molecular weight excluding hydrogens is 248 g/mol. The quantitative estimate of drug-likeness (QED) is 0.906. The lowest BCUT2D eigenvalue weighted by Gasteiger charge is -2.32. The molecule has 2 N–H and O–H groups in total. The van der Waals surface area contributed by atoms with Crippen molar-refractivity contribution in [3.8, 4) is 5.75 Å². The first-order valence-electron chi connectivity index (χ1n) is 5.12. The van der Waals surface area contributed by atoms with Crippen LogP contribution in [0.4, 0.5) is 8.78 Å². The highest BCUT2D eigenvalue weighted by atomic mass is 35.5. The summed E-state index contributed by atoms with van der Waals surface area (Å²) in [5.41, 5.74) is 4.10. The number of hydrogen-bond acceptors (Lipinski definition) is 2. The van der Waals surface area contributed by atoms with Crippen LogP contribution in [0.1, 0.15) is 25.0 Å². The molecule has 1 aromatic carbocycles. The molecule has 0 spiro atoms. The van der Waals surface area contributed by atoms with Crippen LogP contribution >= 0.6 is 11.6 Å². The summed E-state index contributed by atoms with van der Waals surface area (Å²) in [6.07, 6.45) is 0. The van der Waals surface area contributed by atoms with E-state index in [0.29, 0.717) is 5.56 Å². The molecule has 5 heteroatoms. The Hall–Kier alpha value is -0.870. The number of alkyl halides is 2. The van der Waals surface area contributed by atoms with Crippen LogP contribution in [0.15, 0.2) is 12.1 Å². The molecule has 2 nitrogen and oxygen atoms in total. The van der Waals surface area contributed by atoms with Crippen LogP contribution < -0.4 is 10.5 Å². The lowest BCUT2D eigenvalue weighted by atomic mass is 9.89. The second-order valence-electron chi connectivity index (χ2n) is 4.60. The Balaban J connectivity index is 3.50. The minimum absolute atomic E-state index is 0.123. The zero-order valence-electron chi connectivity index (χ0n) is 10.3. The van der Waals surface area contributed by atoms with E-state index in [0.717, 1.165) is 0 Å². The van der Waals surface area contributed by atoms with Gasteiger partial charge in [0.2, 0.25) is 0 Å². The zero-order valence-corrected chi connectivity index (χ0v) is 11.0. The third kappa shape index (κ3) is 2.53. The second-order valence-corrected chi connectivity index (χ2v) is 5.04. The molecule has 0 aliphatic heterocycles. The Bertz CT molecular complexity index is 427. The first kappa shape index (κ1) is 14.2. The molecule has 0 amide bonds. The molecule has 0 saturated carbocycles. The van der Waals surface area contributed by atoms with E-state index in [4.69, 9.17) is 22.1 Å². The highest BCUT2D eigenvalue weighted by Crippen LogP contribution is 2.44. The van der Waals surface area contributed by atoms with Crippen LogP contribution in [0.5, 0.6) is 5.75 Å². The summed E-state index contributed by atoms with van der Waals surface area (Å²) >= 11 is 5.81. The predicted molar refractivity (Wildman–Crippen MR) is 64.9 cm³/mol. The third-order valence-corrected chi connectivity index (χ3v) is 2.81. The zero-order chi connectivity index (χ0) is 13.4. The lowest BCUT2D eigenvalue weighted by Crippen LogP contribution is -2.48. The van der Waals surface area contributed by atoms with Gasteiger partial charge in [-0.05, 0) is 38.5 Å². The first-order chi connectivity index (χ1) is 7.61. The molecule has 0 bridgehead atoms. The van der Waals surface area contributed by atoms with Crippen LogP contribution in [0.3, 0.4) is 0 Å². The van der Waals surface area contributed by atoms with Gasteiger partial charge in [0, 0.05) is 5.02 Å². The average Bonchev–Trinajstić information content (AvgIpc) is 2.14. The normalized spacial score (nSPS) is 12.7. The van der Waals surface area contributed by atoms with Gasteiger partial charge in [-0.15, -0.1) is 0 Å². The number of rotatable bonds is 3. The van der Waals surface area contributed by atoms with Crippen LogP contribution in [-0.2, 0) is 5.92 Å². The van der Waals surface area contributed by atoms with Gasteiger partial charge in [0.25, 0.3) is 5.92 Å². The molecule has 0 unspecified atom stereocenters. The van der Waals surface area contributed by atoms with Crippen molar-refractivity contribution in [1.82, 2.24) is 0 Å². The Morgan fingerprint density at radius 2 is 1.82 bits per heavy atom. The highest BCUT2D eigenvalue weighted by molar-refractivity contribution is 6.30. The number of nitrogens with two attached hydrogens (primary N) is 1. The summed E-state index contributed by atoms with van der Waals surface area (Å²) in [5.74, 6) is -3.11.